The van der Waals surface area contributed by atoms with Crippen LogP contribution in [0.5, 0.6) is 0 Å². The van der Waals surface area contributed by atoms with Crippen LogP contribution in [-0.2, 0) is 0 Å². The molecule has 1 N–H and O–H groups in total. The Balaban J connectivity index is 2.83. The summed E-state index contributed by atoms with van der Waals surface area (Å²) in [6.07, 6.45) is 1.89. The Morgan fingerprint density at radius 1 is 1.27 bits per heavy atom. The van der Waals surface area contributed by atoms with E-state index in [1.54, 1.807) is 12.1 Å². The number of nitrogens with zero attached hydrogens (tertiary/aromatic N) is 2. The van der Waals surface area contributed by atoms with Crippen LogP contribution in [0.25, 0.3) is 10.8 Å². The molecule has 5 heteroatoms. The molecule has 0 unspecified atom stereocenters. The average molecular weight is 220 g/mol. The summed E-state index contributed by atoms with van der Waals surface area (Å²) in [4.78, 5) is 10.9. The molecule has 0 atom stereocenters. The van der Waals surface area contributed by atoms with E-state index in [4.69, 9.17) is 5.11 Å². The lowest BCUT2D eigenvalue weighted by atomic mass is 10.1. The summed E-state index contributed by atoms with van der Waals surface area (Å²) in [5.41, 5.74) is 0.00315. The van der Waals surface area contributed by atoms with Crippen molar-refractivity contribution in [3.05, 3.63) is 30.0 Å². The van der Waals surface area contributed by atoms with Crippen LogP contribution < -0.4 is 0 Å². The van der Waals surface area contributed by atoms with Crippen molar-refractivity contribution in [3.63, 3.8) is 0 Å². The van der Waals surface area contributed by atoms with Crippen molar-refractivity contribution in [2.75, 3.05) is 6.26 Å². The highest BCUT2D eigenvalue weighted by Gasteiger charge is 2.13. The largest absolute Gasteiger partial charge is 0.476 e. The third-order valence-corrected chi connectivity index (χ3v) is 2.74. The van der Waals surface area contributed by atoms with Gasteiger partial charge < -0.3 is 5.11 Å². The number of aromatic nitrogens is 2. The summed E-state index contributed by atoms with van der Waals surface area (Å²) in [5, 5.41) is 18.7. The van der Waals surface area contributed by atoms with Crippen LogP contribution >= 0.6 is 11.8 Å². The van der Waals surface area contributed by atoms with Crippen molar-refractivity contribution >= 4 is 28.5 Å². The van der Waals surface area contributed by atoms with E-state index in [2.05, 4.69) is 10.2 Å². The first-order valence-corrected chi connectivity index (χ1v) is 5.49. The predicted octanol–water partition coefficient (Wildman–Crippen LogP) is 2.05. The molecule has 0 saturated carbocycles. The fraction of sp³-hybridized carbons (Fsp3) is 0.100. The number of thioether (sulfide) groups is 1. The maximum atomic E-state index is 10.9. The SMILES string of the molecule is CSc1nnc(C(=O)O)c2ccccc12. The van der Waals surface area contributed by atoms with Crippen molar-refractivity contribution < 1.29 is 9.90 Å². The average Bonchev–Trinajstić information content (AvgIpc) is 2.27. The van der Waals surface area contributed by atoms with E-state index >= 15 is 0 Å². The van der Waals surface area contributed by atoms with Gasteiger partial charge in [0.2, 0.25) is 0 Å². The van der Waals surface area contributed by atoms with Gasteiger partial charge in [-0.25, -0.2) is 4.79 Å². The van der Waals surface area contributed by atoms with Gasteiger partial charge in [-0.05, 0) is 6.26 Å². The van der Waals surface area contributed by atoms with Crippen LogP contribution in [0.3, 0.4) is 0 Å². The van der Waals surface area contributed by atoms with Crippen LogP contribution in [0.2, 0.25) is 0 Å². The first-order chi connectivity index (χ1) is 7.24. The number of carboxylic acid groups (broad SMARTS) is 1. The maximum absolute atomic E-state index is 10.9. The molecule has 2 aromatic rings. The Bertz CT molecular complexity index is 528. The number of hydrogen-bond donors (Lipinski definition) is 1. The molecule has 1 aromatic carbocycles. The van der Waals surface area contributed by atoms with E-state index in [0.717, 1.165) is 10.4 Å². The zero-order valence-corrected chi connectivity index (χ0v) is 8.78. The number of carboxylic acids is 1. The van der Waals surface area contributed by atoms with Crippen molar-refractivity contribution in [2.24, 2.45) is 0 Å². The summed E-state index contributed by atoms with van der Waals surface area (Å²) < 4.78 is 0. The molecule has 0 amide bonds. The highest BCUT2D eigenvalue weighted by Crippen LogP contribution is 2.24. The van der Waals surface area contributed by atoms with Gasteiger partial charge in [0.1, 0.15) is 5.03 Å². The lowest BCUT2D eigenvalue weighted by Crippen LogP contribution is -2.04. The molecule has 0 spiro atoms. The van der Waals surface area contributed by atoms with Gasteiger partial charge in [-0.2, -0.15) is 0 Å². The Labute approximate surface area is 90.3 Å². The molecule has 0 saturated heterocycles. The predicted molar refractivity (Wildman–Crippen MR) is 58.3 cm³/mol. The topological polar surface area (TPSA) is 63.1 Å². The monoisotopic (exact) mass is 220 g/mol. The summed E-state index contributed by atoms with van der Waals surface area (Å²) in [6, 6.07) is 7.24. The van der Waals surface area contributed by atoms with E-state index in [0.29, 0.717) is 5.39 Å². The van der Waals surface area contributed by atoms with Crippen LogP contribution in [0.15, 0.2) is 29.3 Å². The second kappa shape index (κ2) is 3.86. The highest BCUT2D eigenvalue weighted by atomic mass is 32.2. The van der Waals surface area contributed by atoms with Crippen molar-refractivity contribution in [2.45, 2.75) is 5.03 Å². The molecule has 0 bridgehead atoms. The number of carbonyl (C=O) groups is 1. The zero-order valence-electron chi connectivity index (χ0n) is 7.97. The summed E-state index contributed by atoms with van der Waals surface area (Å²) in [6.45, 7) is 0. The Morgan fingerprint density at radius 2 is 1.93 bits per heavy atom. The molecular formula is C10H8N2O2S. The third-order valence-electron chi connectivity index (χ3n) is 2.05. The maximum Gasteiger partial charge on any atom is 0.357 e. The Morgan fingerprint density at radius 3 is 2.53 bits per heavy atom. The van der Waals surface area contributed by atoms with Crippen molar-refractivity contribution in [1.82, 2.24) is 10.2 Å². The van der Waals surface area contributed by atoms with Gasteiger partial charge >= 0.3 is 5.97 Å². The minimum Gasteiger partial charge on any atom is -0.476 e. The van der Waals surface area contributed by atoms with Crippen LogP contribution in [0, 0.1) is 0 Å². The first kappa shape index (κ1) is 9.92. The second-order valence-electron chi connectivity index (χ2n) is 2.91. The summed E-state index contributed by atoms with van der Waals surface area (Å²) in [5.74, 6) is -1.05. The number of aromatic carboxylic acids is 1. The second-order valence-corrected chi connectivity index (χ2v) is 3.70. The van der Waals surface area contributed by atoms with Crippen LogP contribution in [0.4, 0.5) is 0 Å². The number of benzene rings is 1. The smallest absolute Gasteiger partial charge is 0.357 e. The molecule has 0 aliphatic rings. The van der Waals surface area contributed by atoms with Gasteiger partial charge in [-0.3, -0.25) is 0 Å². The minimum absolute atomic E-state index is 0.00315. The molecule has 15 heavy (non-hydrogen) atoms. The van der Waals surface area contributed by atoms with Crippen molar-refractivity contribution in [1.29, 1.82) is 0 Å². The fourth-order valence-electron chi connectivity index (χ4n) is 1.39. The molecular weight excluding hydrogens is 212 g/mol. The summed E-state index contributed by atoms with van der Waals surface area (Å²) >= 11 is 1.45. The van der Waals surface area contributed by atoms with Gasteiger partial charge in [0, 0.05) is 10.8 Å². The molecule has 76 valence electrons. The minimum atomic E-state index is -1.05. The zero-order chi connectivity index (χ0) is 10.8. The lowest BCUT2D eigenvalue weighted by Gasteiger charge is -2.03. The quantitative estimate of drug-likeness (QED) is 0.785. The standard InChI is InChI=1S/C10H8N2O2S/c1-15-9-7-5-3-2-4-6(7)8(10(13)14)11-12-9/h2-5H,1H3,(H,13,14). The number of fused-ring (bicyclic) bond motifs is 1. The van der Waals surface area contributed by atoms with Crippen LogP contribution in [-0.4, -0.2) is 27.5 Å². The van der Waals surface area contributed by atoms with Gasteiger partial charge in [-0.1, -0.05) is 24.3 Å². The van der Waals surface area contributed by atoms with Gasteiger partial charge in [0.25, 0.3) is 0 Å². The number of rotatable bonds is 2. The molecule has 0 aliphatic heterocycles. The van der Waals surface area contributed by atoms with Gasteiger partial charge in [0.15, 0.2) is 5.69 Å². The van der Waals surface area contributed by atoms with E-state index in [9.17, 15) is 4.79 Å². The molecule has 4 nitrogen and oxygen atoms in total. The molecule has 1 aromatic heterocycles. The molecule has 0 aliphatic carbocycles. The normalized spacial score (nSPS) is 10.5. The summed E-state index contributed by atoms with van der Waals surface area (Å²) in [7, 11) is 0. The number of hydrogen-bond acceptors (Lipinski definition) is 4. The third kappa shape index (κ3) is 1.66. The van der Waals surface area contributed by atoms with E-state index in [1.165, 1.54) is 11.8 Å². The van der Waals surface area contributed by atoms with Crippen LogP contribution in [0.1, 0.15) is 10.5 Å². The van der Waals surface area contributed by atoms with Crippen molar-refractivity contribution in [3.8, 4) is 0 Å². The first-order valence-electron chi connectivity index (χ1n) is 4.26. The Hall–Kier alpha value is -1.62. The molecule has 0 fully saturated rings. The highest BCUT2D eigenvalue weighted by molar-refractivity contribution is 7.98. The fourth-order valence-corrected chi connectivity index (χ4v) is 1.91. The molecule has 0 radical (unpaired) electrons. The van der Waals surface area contributed by atoms with Gasteiger partial charge in [-0.15, -0.1) is 22.0 Å². The molecule has 2 rings (SSSR count). The lowest BCUT2D eigenvalue weighted by molar-refractivity contribution is 0.0691. The van der Waals surface area contributed by atoms with E-state index in [1.807, 2.05) is 18.4 Å². The van der Waals surface area contributed by atoms with Gasteiger partial charge in [0.05, 0.1) is 0 Å². The van der Waals surface area contributed by atoms with E-state index in [-0.39, 0.29) is 5.69 Å². The molecule has 1 heterocycles. The van der Waals surface area contributed by atoms with E-state index < -0.39 is 5.97 Å². The Kier molecular flexibility index (Phi) is 2.55.